The number of methoxy groups -OCH3 is 1. The highest BCUT2D eigenvalue weighted by molar-refractivity contribution is 14.0. The van der Waals surface area contributed by atoms with Crippen LogP contribution in [0.25, 0.3) is 0 Å². The van der Waals surface area contributed by atoms with E-state index in [0.717, 1.165) is 44.5 Å². The van der Waals surface area contributed by atoms with E-state index in [1.807, 2.05) is 19.9 Å². The fourth-order valence-electron chi connectivity index (χ4n) is 2.30. The maximum Gasteiger partial charge on any atom is 0.387 e. The molecule has 26 heavy (non-hydrogen) atoms. The van der Waals surface area contributed by atoms with Crippen LogP contribution in [0.1, 0.15) is 37.3 Å². The number of alkyl halides is 2. The number of halogens is 3. The van der Waals surface area contributed by atoms with Crippen LogP contribution in [0.3, 0.4) is 0 Å². The van der Waals surface area contributed by atoms with Crippen molar-refractivity contribution in [2.75, 3.05) is 26.8 Å². The zero-order chi connectivity index (χ0) is 18.5. The molecule has 0 aliphatic rings. The Hall–Kier alpha value is -1.16. The number of rotatable bonds is 11. The van der Waals surface area contributed by atoms with Gasteiger partial charge in [0.05, 0.1) is 6.54 Å². The Morgan fingerprint density at radius 3 is 2.62 bits per heavy atom. The smallest absolute Gasteiger partial charge is 0.387 e. The Bertz CT molecular complexity index is 531. The number of aliphatic imine (C=N–C) groups is 1. The number of ether oxygens (including phenoxy) is 2. The first-order chi connectivity index (χ1) is 12.1. The Balaban J connectivity index is 0.00000625. The van der Waals surface area contributed by atoms with Gasteiger partial charge >= 0.3 is 6.61 Å². The summed E-state index contributed by atoms with van der Waals surface area (Å²) in [4.78, 5) is 4.47. The van der Waals surface area contributed by atoms with Gasteiger partial charge in [-0.3, -0.25) is 0 Å². The molecule has 0 aromatic heterocycles. The molecule has 0 unspecified atom stereocenters. The number of hydrogen-bond acceptors (Lipinski definition) is 3. The minimum Gasteiger partial charge on any atom is -0.434 e. The monoisotopic (exact) mass is 485 g/mol. The predicted octanol–water partition coefficient (Wildman–Crippen LogP) is 4.09. The van der Waals surface area contributed by atoms with Crippen LogP contribution in [0.5, 0.6) is 5.75 Å². The van der Waals surface area contributed by atoms with Crippen LogP contribution in [-0.2, 0) is 11.3 Å². The van der Waals surface area contributed by atoms with Gasteiger partial charge in [0.15, 0.2) is 5.96 Å². The molecule has 5 nitrogen and oxygen atoms in total. The molecule has 0 saturated heterocycles. The molecule has 0 saturated carbocycles. The fourth-order valence-corrected chi connectivity index (χ4v) is 2.30. The number of nitrogens with one attached hydrogen (secondary N) is 2. The first-order valence-corrected chi connectivity index (χ1v) is 8.62. The number of benzene rings is 1. The van der Waals surface area contributed by atoms with E-state index in [9.17, 15) is 8.78 Å². The van der Waals surface area contributed by atoms with Gasteiger partial charge in [0.25, 0.3) is 0 Å². The molecule has 0 aliphatic carbocycles. The zero-order valence-corrected chi connectivity index (χ0v) is 18.0. The molecule has 2 N–H and O–H groups in total. The third kappa shape index (κ3) is 10.7. The van der Waals surface area contributed by atoms with Gasteiger partial charge in [-0.15, -0.1) is 24.0 Å². The van der Waals surface area contributed by atoms with Gasteiger partial charge in [0.1, 0.15) is 5.75 Å². The first kappa shape index (κ1) is 24.8. The van der Waals surface area contributed by atoms with Gasteiger partial charge in [-0.25, -0.2) is 4.99 Å². The molecule has 1 aromatic carbocycles. The summed E-state index contributed by atoms with van der Waals surface area (Å²) in [5.41, 5.74) is 1.61. The molecule has 0 heterocycles. The highest BCUT2D eigenvalue weighted by Crippen LogP contribution is 2.22. The normalized spacial score (nSPS) is 11.2. The highest BCUT2D eigenvalue weighted by atomic mass is 127. The second-order valence-electron chi connectivity index (χ2n) is 5.67. The van der Waals surface area contributed by atoms with E-state index in [1.54, 1.807) is 19.2 Å². The van der Waals surface area contributed by atoms with Crippen LogP contribution in [-0.4, -0.2) is 39.4 Å². The van der Waals surface area contributed by atoms with E-state index in [-0.39, 0.29) is 36.3 Å². The highest BCUT2D eigenvalue weighted by Gasteiger charge is 2.10. The largest absolute Gasteiger partial charge is 0.434 e. The molecular formula is C18H30F2IN3O2. The third-order valence-electron chi connectivity index (χ3n) is 3.50. The summed E-state index contributed by atoms with van der Waals surface area (Å²) in [7, 11) is 1.70. The first-order valence-electron chi connectivity index (χ1n) is 8.62. The summed E-state index contributed by atoms with van der Waals surface area (Å²) in [5.74, 6) is 0.832. The van der Waals surface area contributed by atoms with E-state index >= 15 is 0 Å². The number of nitrogens with zero attached hydrogens (tertiary/aromatic N) is 1. The lowest BCUT2D eigenvalue weighted by atomic mass is 10.1. The van der Waals surface area contributed by atoms with Crippen molar-refractivity contribution in [3.8, 4) is 5.75 Å². The molecule has 1 aromatic rings. The molecule has 0 amide bonds. The maximum atomic E-state index is 12.5. The van der Waals surface area contributed by atoms with Crippen molar-refractivity contribution in [1.29, 1.82) is 0 Å². The zero-order valence-electron chi connectivity index (χ0n) is 15.7. The van der Waals surface area contributed by atoms with Gasteiger partial charge in [-0.05, 0) is 39.2 Å². The Morgan fingerprint density at radius 2 is 1.96 bits per heavy atom. The van der Waals surface area contributed by atoms with Crippen LogP contribution in [0, 0.1) is 6.92 Å². The summed E-state index contributed by atoms with van der Waals surface area (Å²) < 4.78 is 34.6. The minimum absolute atomic E-state index is 0. The topological polar surface area (TPSA) is 54.9 Å². The van der Waals surface area contributed by atoms with Gasteiger partial charge < -0.3 is 20.1 Å². The molecule has 0 fully saturated rings. The van der Waals surface area contributed by atoms with Crippen LogP contribution in [0.4, 0.5) is 8.78 Å². The van der Waals surface area contributed by atoms with Crippen LogP contribution < -0.4 is 15.4 Å². The Kier molecular flexibility index (Phi) is 14.3. The fraction of sp³-hybridized carbons (Fsp3) is 0.611. The van der Waals surface area contributed by atoms with Crippen LogP contribution in [0.15, 0.2) is 23.2 Å². The van der Waals surface area contributed by atoms with E-state index in [1.165, 1.54) is 0 Å². The molecule has 0 spiro atoms. The van der Waals surface area contributed by atoms with Crippen molar-refractivity contribution in [2.24, 2.45) is 4.99 Å². The average molecular weight is 485 g/mol. The molecule has 1 rings (SSSR count). The van der Waals surface area contributed by atoms with Gasteiger partial charge in [-0.1, -0.05) is 17.7 Å². The molecular weight excluding hydrogens is 455 g/mol. The van der Waals surface area contributed by atoms with Crippen molar-refractivity contribution in [3.05, 3.63) is 29.3 Å². The van der Waals surface area contributed by atoms with Crippen molar-refractivity contribution in [1.82, 2.24) is 10.6 Å². The Labute approximate surface area is 172 Å². The summed E-state index contributed by atoms with van der Waals surface area (Å²) in [5, 5.41) is 6.41. The van der Waals surface area contributed by atoms with Gasteiger partial charge in [-0.2, -0.15) is 8.78 Å². The van der Waals surface area contributed by atoms with E-state index < -0.39 is 6.61 Å². The molecule has 150 valence electrons. The summed E-state index contributed by atoms with van der Waals surface area (Å²) in [6, 6.07) is 5.12. The molecule has 0 radical (unpaired) electrons. The second kappa shape index (κ2) is 15.0. The summed E-state index contributed by atoms with van der Waals surface area (Å²) in [6.07, 6.45) is 3.12. The summed E-state index contributed by atoms with van der Waals surface area (Å²) >= 11 is 0. The lowest BCUT2D eigenvalue weighted by Gasteiger charge is -2.13. The van der Waals surface area contributed by atoms with Crippen LogP contribution in [0.2, 0.25) is 0 Å². The standard InChI is InChI=1S/C18H29F2N3O2.HI/c1-4-21-18(22-10-6-5-7-11-24-3)23-13-15-12-14(2)8-9-16(15)25-17(19)20;/h8-9,12,17H,4-7,10-11,13H2,1-3H3,(H2,21,22,23);1H. The maximum absolute atomic E-state index is 12.5. The number of unbranched alkanes of at least 4 members (excludes halogenated alkanes) is 2. The van der Waals surface area contributed by atoms with Crippen LogP contribution >= 0.6 is 24.0 Å². The van der Waals surface area contributed by atoms with Gasteiger partial charge in [0, 0.05) is 32.4 Å². The lowest BCUT2D eigenvalue weighted by Crippen LogP contribution is -2.37. The minimum atomic E-state index is -2.84. The molecule has 0 aliphatic heterocycles. The Morgan fingerprint density at radius 1 is 1.19 bits per heavy atom. The summed E-state index contributed by atoms with van der Waals surface area (Å²) in [6.45, 7) is 3.60. The van der Waals surface area contributed by atoms with Crippen molar-refractivity contribution in [3.63, 3.8) is 0 Å². The molecule has 8 heteroatoms. The number of aryl methyl sites for hydroxylation is 1. The van der Waals surface area contributed by atoms with Crippen molar-refractivity contribution >= 4 is 29.9 Å². The predicted molar refractivity (Wildman–Crippen MR) is 112 cm³/mol. The van der Waals surface area contributed by atoms with Crippen molar-refractivity contribution in [2.45, 2.75) is 46.3 Å². The second-order valence-corrected chi connectivity index (χ2v) is 5.67. The number of hydrogen-bond donors (Lipinski definition) is 2. The van der Waals surface area contributed by atoms with E-state index in [2.05, 4.69) is 20.4 Å². The third-order valence-corrected chi connectivity index (χ3v) is 3.50. The molecule has 0 bridgehead atoms. The quantitative estimate of drug-likeness (QED) is 0.215. The SMILES string of the molecule is CCNC(=NCc1cc(C)ccc1OC(F)F)NCCCCCOC.I. The molecule has 0 atom stereocenters. The number of guanidine groups is 1. The lowest BCUT2D eigenvalue weighted by molar-refractivity contribution is -0.0504. The van der Waals surface area contributed by atoms with E-state index in [4.69, 9.17) is 4.74 Å². The van der Waals surface area contributed by atoms with Gasteiger partial charge in [0.2, 0.25) is 0 Å². The average Bonchev–Trinajstić information content (AvgIpc) is 2.57. The van der Waals surface area contributed by atoms with Crippen molar-refractivity contribution < 1.29 is 18.3 Å². The van der Waals surface area contributed by atoms with E-state index in [0.29, 0.717) is 11.5 Å².